The van der Waals surface area contributed by atoms with Gasteiger partial charge in [0.1, 0.15) is 5.69 Å². The van der Waals surface area contributed by atoms with E-state index in [9.17, 15) is 9.59 Å². The highest BCUT2D eigenvalue weighted by molar-refractivity contribution is 6.05. The van der Waals surface area contributed by atoms with E-state index >= 15 is 0 Å². The minimum atomic E-state index is -0.0875. The average molecular weight is 510 g/mol. The number of carbonyl (C=O) groups excluding carboxylic acids is 2. The van der Waals surface area contributed by atoms with Gasteiger partial charge in [-0.1, -0.05) is 0 Å². The number of H-pyrrole nitrogens is 2. The van der Waals surface area contributed by atoms with Gasteiger partial charge in [0.2, 0.25) is 5.91 Å². The van der Waals surface area contributed by atoms with Gasteiger partial charge in [0.05, 0.1) is 41.6 Å². The van der Waals surface area contributed by atoms with Gasteiger partial charge >= 0.3 is 0 Å². The molecule has 0 unspecified atom stereocenters. The maximum atomic E-state index is 13.2. The smallest absolute Gasteiger partial charge is 0.256 e. The van der Waals surface area contributed by atoms with Gasteiger partial charge in [-0.15, -0.1) is 0 Å². The summed E-state index contributed by atoms with van der Waals surface area (Å²) >= 11 is 0. The lowest BCUT2D eigenvalue weighted by Gasteiger charge is -2.26. The molecule has 6 heterocycles. The van der Waals surface area contributed by atoms with Crippen LogP contribution < -0.4 is 5.32 Å². The molecular formula is C26H23N9O3. The lowest BCUT2D eigenvalue weighted by Crippen LogP contribution is -2.40. The molecule has 5 aromatic heterocycles. The minimum absolute atomic E-state index is 0.0274. The number of anilines is 1. The van der Waals surface area contributed by atoms with E-state index in [0.717, 1.165) is 29.4 Å². The minimum Gasteiger partial charge on any atom is -0.378 e. The molecule has 12 nitrogen and oxygen atoms in total. The second kappa shape index (κ2) is 8.99. The van der Waals surface area contributed by atoms with Crippen LogP contribution in [0.1, 0.15) is 23.2 Å². The maximum Gasteiger partial charge on any atom is 0.256 e. The lowest BCUT2D eigenvalue weighted by atomic mass is 10.1. The molecule has 2 fully saturated rings. The van der Waals surface area contributed by atoms with E-state index in [0.29, 0.717) is 65.9 Å². The highest BCUT2D eigenvalue weighted by Crippen LogP contribution is 2.32. The first-order chi connectivity index (χ1) is 18.6. The van der Waals surface area contributed by atoms with Crippen LogP contribution >= 0.6 is 0 Å². The van der Waals surface area contributed by atoms with E-state index in [4.69, 9.17) is 4.74 Å². The number of ether oxygens (including phenoxy) is 1. The molecule has 2 aliphatic rings. The number of hydrogen-bond donors (Lipinski definition) is 3. The largest absolute Gasteiger partial charge is 0.378 e. The Balaban J connectivity index is 1.24. The van der Waals surface area contributed by atoms with Gasteiger partial charge in [-0.2, -0.15) is 5.10 Å². The van der Waals surface area contributed by atoms with Crippen LogP contribution in [0, 0.1) is 5.92 Å². The van der Waals surface area contributed by atoms with Crippen molar-refractivity contribution in [2.75, 3.05) is 31.6 Å². The quantitative estimate of drug-likeness (QED) is 0.327. The standard InChI is InChI=1S/C26H23N9O3/c36-25(14-1-2-14)30-17-9-15(11-27-13-17)16-10-19-21(33-34-22(19)29-12-16)24-31-20-18(3-4-28-23(20)32-24)26(37)35-5-7-38-8-6-35/h3-4,9-14H,1-2,5-8H2,(H,30,36)(H,28,31,32)(H,29,33,34). The third kappa shape index (κ3) is 4.04. The Morgan fingerprint density at radius 1 is 1.03 bits per heavy atom. The van der Waals surface area contributed by atoms with E-state index in [1.165, 1.54) is 0 Å². The second-order valence-electron chi connectivity index (χ2n) is 9.47. The topological polar surface area (TPSA) is 155 Å². The van der Waals surface area contributed by atoms with Gasteiger partial charge in [-0.25, -0.2) is 15.0 Å². The molecule has 5 aromatic rings. The third-order valence-electron chi connectivity index (χ3n) is 6.85. The Morgan fingerprint density at radius 3 is 2.71 bits per heavy atom. The van der Waals surface area contributed by atoms with Crippen LogP contribution in [-0.4, -0.2) is 78.1 Å². The van der Waals surface area contributed by atoms with Crippen molar-refractivity contribution in [3.63, 3.8) is 0 Å². The van der Waals surface area contributed by atoms with Crippen LogP contribution in [0.15, 0.2) is 43.0 Å². The molecule has 0 atom stereocenters. The number of aromatic nitrogens is 7. The lowest BCUT2D eigenvalue weighted by molar-refractivity contribution is -0.117. The Hall–Kier alpha value is -4.71. The fourth-order valence-corrected chi connectivity index (χ4v) is 4.64. The summed E-state index contributed by atoms with van der Waals surface area (Å²) in [7, 11) is 0. The molecule has 2 amide bonds. The normalized spacial score (nSPS) is 15.7. The molecular weight excluding hydrogens is 486 g/mol. The van der Waals surface area contributed by atoms with Crippen molar-refractivity contribution in [3.05, 3.63) is 48.5 Å². The van der Waals surface area contributed by atoms with Gasteiger partial charge in [-0.3, -0.25) is 19.7 Å². The number of aromatic amines is 2. The first kappa shape index (κ1) is 22.5. The summed E-state index contributed by atoms with van der Waals surface area (Å²) in [5.41, 5.74) is 4.93. The van der Waals surface area contributed by atoms with Crippen molar-refractivity contribution >= 4 is 39.7 Å². The van der Waals surface area contributed by atoms with Crippen LogP contribution in [-0.2, 0) is 9.53 Å². The number of nitrogens with one attached hydrogen (secondary N) is 3. The predicted octanol–water partition coefficient (Wildman–Crippen LogP) is 2.78. The van der Waals surface area contributed by atoms with E-state index in [1.807, 2.05) is 12.1 Å². The number of imidazole rings is 1. The number of morpholine rings is 1. The van der Waals surface area contributed by atoms with E-state index in [-0.39, 0.29) is 17.7 Å². The Bertz CT molecular complexity index is 1700. The van der Waals surface area contributed by atoms with Gasteiger partial charge in [-0.05, 0) is 31.0 Å². The molecule has 1 aliphatic heterocycles. The molecule has 190 valence electrons. The summed E-state index contributed by atoms with van der Waals surface area (Å²) in [5, 5.41) is 11.0. The summed E-state index contributed by atoms with van der Waals surface area (Å²) in [5.74, 6) is 0.544. The number of rotatable bonds is 5. The average Bonchev–Trinajstić information content (AvgIpc) is 3.59. The summed E-state index contributed by atoms with van der Waals surface area (Å²) in [6.07, 6.45) is 8.54. The van der Waals surface area contributed by atoms with Gasteiger partial charge < -0.3 is 19.9 Å². The van der Waals surface area contributed by atoms with Crippen molar-refractivity contribution in [2.24, 2.45) is 5.92 Å². The molecule has 3 N–H and O–H groups in total. The highest BCUT2D eigenvalue weighted by Gasteiger charge is 2.29. The molecule has 1 saturated carbocycles. The highest BCUT2D eigenvalue weighted by atomic mass is 16.5. The number of fused-ring (bicyclic) bond motifs is 2. The Morgan fingerprint density at radius 2 is 1.87 bits per heavy atom. The molecule has 1 saturated heterocycles. The van der Waals surface area contributed by atoms with Crippen molar-refractivity contribution in [2.45, 2.75) is 12.8 Å². The number of hydrogen-bond acceptors (Lipinski definition) is 8. The second-order valence-corrected chi connectivity index (χ2v) is 9.47. The number of nitrogens with zero attached hydrogens (tertiary/aromatic N) is 6. The fourth-order valence-electron chi connectivity index (χ4n) is 4.64. The summed E-state index contributed by atoms with van der Waals surface area (Å²) < 4.78 is 5.38. The first-order valence-corrected chi connectivity index (χ1v) is 12.5. The summed E-state index contributed by atoms with van der Waals surface area (Å²) in [6.45, 7) is 2.14. The first-order valence-electron chi connectivity index (χ1n) is 12.5. The van der Waals surface area contributed by atoms with Crippen molar-refractivity contribution in [1.82, 2.24) is 40.0 Å². The van der Waals surface area contributed by atoms with Crippen molar-refractivity contribution < 1.29 is 14.3 Å². The number of pyridine rings is 3. The molecule has 12 heteroatoms. The van der Waals surface area contributed by atoms with Crippen LogP contribution in [0.25, 0.3) is 44.8 Å². The third-order valence-corrected chi connectivity index (χ3v) is 6.85. The van der Waals surface area contributed by atoms with Crippen molar-refractivity contribution in [3.8, 4) is 22.6 Å². The van der Waals surface area contributed by atoms with Crippen molar-refractivity contribution in [1.29, 1.82) is 0 Å². The molecule has 1 aliphatic carbocycles. The Labute approximate surface area is 215 Å². The molecule has 7 rings (SSSR count). The van der Waals surface area contributed by atoms with Crippen LogP contribution in [0.5, 0.6) is 0 Å². The van der Waals surface area contributed by atoms with E-state index in [2.05, 4.69) is 40.4 Å². The molecule has 38 heavy (non-hydrogen) atoms. The maximum absolute atomic E-state index is 13.2. The van der Waals surface area contributed by atoms with E-state index < -0.39 is 0 Å². The van der Waals surface area contributed by atoms with Gasteiger partial charge in [0.15, 0.2) is 17.1 Å². The molecule has 0 radical (unpaired) electrons. The molecule has 0 bridgehead atoms. The number of amides is 2. The van der Waals surface area contributed by atoms with Crippen LogP contribution in [0.3, 0.4) is 0 Å². The van der Waals surface area contributed by atoms with Gasteiger partial charge in [0.25, 0.3) is 5.91 Å². The zero-order chi connectivity index (χ0) is 25.6. The fraction of sp³-hybridized carbons (Fsp3) is 0.269. The summed E-state index contributed by atoms with van der Waals surface area (Å²) in [4.78, 5) is 48.2. The summed E-state index contributed by atoms with van der Waals surface area (Å²) in [6, 6.07) is 5.53. The van der Waals surface area contributed by atoms with Crippen LogP contribution in [0.2, 0.25) is 0 Å². The predicted molar refractivity (Wildman–Crippen MR) is 138 cm³/mol. The number of carbonyl (C=O) groups is 2. The van der Waals surface area contributed by atoms with Crippen LogP contribution in [0.4, 0.5) is 5.69 Å². The zero-order valence-electron chi connectivity index (χ0n) is 20.3. The van der Waals surface area contributed by atoms with E-state index in [1.54, 1.807) is 35.8 Å². The molecule has 0 aromatic carbocycles. The van der Waals surface area contributed by atoms with Gasteiger partial charge in [0, 0.05) is 48.7 Å². The molecule has 0 spiro atoms. The Kier molecular flexibility index (Phi) is 5.32. The zero-order valence-corrected chi connectivity index (χ0v) is 20.3. The SMILES string of the molecule is O=C(Nc1cncc(-c2cnc3n[nH]c(-c4nc5nccc(C(=O)N6CCOCC6)c5[nH]4)c3c2)c1)C1CC1. The monoisotopic (exact) mass is 509 g/mol.